The van der Waals surface area contributed by atoms with E-state index in [1.807, 2.05) is 67.6 Å². The van der Waals surface area contributed by atoms with E-state index in [9.17, 15) is 14.7 Å². The van der Waals surface area contributed by atoms with Crippen LogP contribution in [0.15, 0.2) is 66.7 Å². The predicted molar refractivity (Wildman–Crippen MR) is 113 cm³/mol. The molecule has 150 valence electrons. The molecule has 0 aliphatic heterocycles. The fourth-order valence-electron chi connectivity index (χ4n) is 3.25. The van der Waals surface area contributed by atoms with E-state index in [2.05, 4.69) is 5.32 Å². The van der Waals surface area contributed by atoms with Crippen molar-refractivity contribution in [2.45, 2.75) is 32.9 Å². The maximum atomic E-state index is 13.0. The first-order valence-corrected chi connectivity index (χ1v) is 9.65. The van der Waals surface area contributed by atoms with Crippen molar-refractivity contribution >= 4 is 22.6 Å². The number of amides is 1. The second-order valence-corrected chi connectivity index (χ2v) is 7.37. The fourth-order valence-corrected chi connectivity index (χ4v) is 3.25. The summed E-state index contributed by atoms with van der Waals surface area (Å²) in [5.41, 5.74) is 1.30. The molecule has 0 bridgehead atoms. The summed E-state index contributed by atoms with van der Waals surface area (Å²) in [6.45, 7) is 5.44. The molecule has 3 aromatic rings. The van der Waals surface area contributed by atoms with Gasteiger partial charge in [0, 0.05) is 5.39 Å². The lowest BCUT2D eigenvalue weighted by Crippen LogP contribution is -2.44. The highest BCUT2D eigenvalue weighted by atomic mass is 16.5. The van der Waals surface area contributed by atoms with Gasteiger partial charge in [0.05, 0.1) is 5.56 Å². The summed E-state index contributed by atoms with van der Waals surface area (Å²) in [5.74, 6) is -1.32. The third-order valence-electron chi connectivity index (χ3n) is 4.91. The number of ether oxygens (including phenoxy) is 1. The second kappa shape index (κ2) is 8.78. The Labute approximate surface area is 170 Å². The molecule has 0 fully saturated rings. The molecule has 2 N–H and O–H groups in total. The number of benzene rings is 3. The topological polar surface area (TPSA) is 75.6 Å². The van der Waals surface area contributed by atoms with Gasteiger partial charge in [-0.2, -0.15) is 0 Å². The molecule has 1 amide bonds. The van der Waals surface area contributed by atoms with Crippen molar-refractivity contribution in [3.05, 3.63) is 77.9 Å². The molecule has 29 heavy (non-hydrogen) atoms. The van der Waals surface area contributed by atoms with Crippen molar-refractivity contribution in [1.82, 2.24) is 5.32 Å². The maximum Gasteiger partial charge on any atom is 0.326 e. The van der Waals surface area contributed by atoms with Gasteiger partial charge < -0.3 is 15.2 Å². The second-order valence-electron chi connectivity index (χ2n) is 7.37. The van der Waals surface area contributed by atoms with Crippen LogP contribution in [-0.4, -0.2) is 23.0 Å². The third kappa shape index (κ3) is 4.57. The molecule has 0 saturated heterocycles. The first-order valence-electron chi connectivity index (χ1n) is 9.65. The van der Waals surface area contributed by atoms with Gasteiger partial charge in [-0.05, 0) is 29.9 Å². The summed E-state index contributed by atoms with van der Waals surface area (Å²) in [7, 11) is 0. The summed E-state index contributed by atoms with van der Waals surface area (Å²) in [4.78, 5) is 24.5. The van der Waals surface area contributed by atoms with Crippen LogP contribution in [0.3, 0.4) is 0 Å². The average molecular weight is 391 g/mol. The Morgan fingerprint density at radius 3 is 2.21 bits per heavy atom. The summed E-state index contributed by atoms with van der Waals surface area (Å²) >= 11 is 0. The van der Waals surface area contributed by atoms with Crippen molar-refractivity contribution in [3.63, 3.8) is 0 Å². The van der Waals surface area contributed by atoms with E-state index >= 15 is 0 Å². The van der Waals surface area contributed by atoms with Crippen molar-refractivity contribution in [3.8, 4) is 5.75 Å². The Morgan fingerprint density at radius 1 is 0.897 bits per heavy atom. The largest absolute Gasteiger partial charge is 0.485 e. The van der Waals surface area contributed by atoms with E-state index in [4.69, 9.17) is 4.74 Å². The summed E-state index contributed by atoms with van der Waals surface area (Å²) in [6.07, 6.45) is -0.283. The molecule has 0 heterocycles. The van der Waals surface area contributed by atoms with Crippen LogP contribution >= 0.6 is 0 Å². The predicted octanol–water partition coefficient (Wildman–Crippen LogP) is 4.82. The zero-order valence-corrected chi connectivity index (χ0v) is 16.8. The molecule has 0 saturated carbocycles. The molecule has 5 heteroatoms. The molecule has 1 unspecified atom stereocenters. The average Bonchev–Trinajstić information content (AvgIpc) is 2.72. The number of fused-ring (bicyclic) bond motifs is 1. The highest BCUT2D eigenvalue weighted by Crippen LogP contribution is 2.33. The van der Waals surface area contributed by atoms with Crippen LogP contribution in [0.2, 0.25) is 0 Å². The van der Waals surface area contributed by atoms with Gasteiger partial charge in [0.25, 0.3) is 5.91 Å². The lowest BCUT2D eigenvalue weighted by atomic mass is 10.0. The third-order valence-corrected chi connectivity index (χ3v) is 4.91. The minimum Gasteiger partial charge on any atom is -0.485 e. The van der Waals surface area contributed by atoms with Crippen LogP contribution < -0.4 is 10.1 Å². The molecule has 3 rings (SSSR count). The number of carbonyl (C=O) groups excluding carboxylic acids is 1. The SMILES string of the molecule is CC(Oc1c(C(=O)N[C@H](C(=O)O)C(C)C)ccc2ccccc12)c1ccccc1. The standard InChI is InChI=1S/C24H25NO4/c1-15(2)21(24(27)28)25-23(26)20-14-13-18-11-7-8-12-19(18)22(20)29-16(3)17-9-5-4-6-10-17/h4-16,21H,1-3H3,(H,25,26)(H,27,28)/t16?,21-/m0/s1. The lowest BCUT2D eigenvalue weighted by Gasteiger charge is -2.22. The molecule has 0 radical (unpaired) electrons. The molecule has 0 aliphatic carbocycles. The van der Waals surface area contributed by atoms with E-state index in [1.165, 1.54) is 0 Å². The lowest BCUT2D eigenvalue weighted by molar-refractivity contribution is -0.140. The summed E-state index contributed by atoms with van der Waals surface area (Å²) < 4.78 is 6.26. The van der Waals surface area contributed by atoms with Gasteiger partial charge in [0.15, 0.2) is 0 Å². The van der Waals surface area contributed by atoms with Crippen LogP contribution in [0, 0.1) is 5.92 Å². The number of rotatable bonds is 7. The molecular formula is C24H25NO4. The van der Waals surface area contributed by atoms with Gasteiger partial charge in [0.2, 0.25) is 0 Å². The highest BCUT2D eigenvalue weighted by Gasteiger charge is 2.26. The number of aliphatic carboxylic acids is 1. The van der Waals surface area contributed by atoms with E-state index in [0.717, 1.165) is 16.3 Å². The summed E-state index contributed by atoms with van der Waals surface area (Å²) in [6, 6.07) is 19.9. The minimum absolute atomic E-state index is 0.246. The summed E-state index contributed by atoms with van der Waals surface area (Å²) in [5, 5.41) is 13.8. The molecule has 0 aromatic heterocycles. The highest BCUT2D eigenvalue weighted by molar-refractivity contribution is 6.04. The van der Waals surface area contributed by atoms with Crippen molar-refractivity contribution in [2.24, 2.45) is 5.92 Å². The number of carbonyl (C=O) groups is 2. The molecule has 3 aromatic carbocycles. The number of carboxylic acid groups (broad SMARTS) is 1. The van der Waals surface area contributed by atoms with Gasteiger partial charge in [-0.15, -0.1) is 0 Å². The zero-order valence-electron chi connectivity index (χ0n) is 16.8. The first-order chi connectivity index (χ1) is 13.9. The van der Waals surface area contributed by atoms with Crippen LogP contribution in [0.25, 0.3) is 10.8 Å². The number of hydrogen-bond acceptors (Lipinski definition) is 3. The Morgan fingerprint density at radius 2 is 1.55 bits per heavy atom. The zero-order chi connectivity index (χ0) is 21.0. The smallest absolute Gasteiger partial charge is 0.326 e. The van der Waals surface area contributed by atoms with Crippen molar-refractivity contribution in [1.29, 1.82) is 0 Å². The van der Waals surface area contributed by atoms with Crippen LogP contribution in [0.4, 0.5) is 0 Å². The van der Waals surface area contributed by atoms with Crippen molar-refractivity contribution < 1.29 is 19.4 Å². The minimum atomic E-state index is -1.06. The Kier molecular flexibility index (Phi) is 6.17. The van der Waals surface area contributed by atoms with Crippen LogP contribution in [-0.2, 0) is 4.79 Å². The van der Waals surface area contributed by atoms with Crippen LogP contribution in [0.1, 0.15) is 42.8 Å². The quantitative estimate of drug-likeness (QED) is 0.605. The molecule has 2 atom stereocenters. The van der Waals surface area contributed by atoms with E-state index in [-0.39, 0.29) is 12.0 Å². The van der Waals surface area contributed by atoms with Gasteiger partial charge >= 0.3 is 5.97 Å². The van der Waals surface area contributed by atoms with Gasteiger partial charge in [-0.1, -0.05) is 74.5 Å². The normalized spacial score (nSPS) is 13.1. The molecule has 5 nitrogen and oxygen atoms in total. The fraction of sp³-hybridized carbons (Fsp3) is 0.250. The first kappa shape index (κ1) is 20.4. The van der Waals surface area contributed by atoms with E-state index in [0.29, 0.717) is 11.3 Å². The monoisotopic (exact) mass is 391 g/mol. The Balaban J connectivity index is 2.02. The molecule has 0 spiro atoms. The number of nitrogens with one attached hydrogen (secondary N) is 1. The van der Waals surface area contributed by atoms with Crippen LogP contribution in [0.5, 0.6) is 5.75 Å². The van der Waals surface area contributed by atoms with Gasteiger partial charge in [0.1, 0.15) is 17.9 Å². The number of hydrogen-bond donors (Lipinski definition) is 2. The van der Waals surface area contributed by atoms with Crippen molar-refractivity contribution in [2.75, 3.05) is 0 Å². The Hall–Kier alpha value is -3.34. The maximum absolute atomic E-state index is 13.0. The van der Waals surface area contributed by atoms with Gasteiger partial charge in [-0.3, -0.25) is 4.79 Å². The van der Waals surface area contributed by atoms with Gasteiger partial charge in [-0.25, -0.2) is 4.79 Å². The Bertz CT molecular complexity index is 1010. The van der Waals surface area contributed by atoms with E-state index in [1.54, 1.807) is 19.9 Å². The molecular weight excluding hydrogens is 366 g/mol. The van der Waals surface area contributed by atoms with E-state index < -0.39 is 17.9 Å². The number of carboxylic acids is 1. The molecule has 0 aliphatic rings.